The number of benzene rings is 1. The average Bonchev–Trinajstić information content (AvgIpc) is 2.74. The van der Waals surface area contributed by atoms with Gasteiger partial charge in [-0.25, -0.2) is 0 Å². The summed E-state index contributed by atoms with van der Waals surface area (Å²) in [6, 6.07) is 3.37. The zero-order valence-electron chi connectivity index (χ0n) is 11.8. The van der Waals surface area contributed by atoms with Gasteiger partial charge in [-0.3, -0.25) is 9.59 Å². The summed E-state index contributed by atoms with van der Waals surface area (Å²) in [5.41, 5.74) is 1.74. The fraction of sp³-hybridized carbons (Fsp3) is 0.467. The van der Waals surface area contributed by atoms with Crippen molar-refractivity contribution in [1.82, 2.24) is 0 Å². The van der Waals surface area contributed by atoms with Gasteiger partial charge in [0.15, 0.2) is 0 Å². The van der Waals surface area contributed by atoms with E-state index < -0.39 is 11.7 Å². The predicted octanol–water partition coefficient (Wildman–Crippen LogP) is 2.48. The fourth-order valence-electron chi connectivity index (χ4n) is 2.93. The molecule has 1 aromatic rings. The molecule has 6 heteroatoms. The van der Waals surface area contributed by atoms with Crippen LogP contribution >= 0.6 is 11.6 Å². The third kappa shape index (κ3) is 2.63. The maximum absolute atomic E-state index is 11.7. The van der Waals surface area contributed by atoms with E-state index in [2.05, 4.69) is 10.2 Å². The lowest BCUT2D eigenvalue weighted by Crippen LogP contribution is -2.39. The van der Waals surface area contributed by atoms with Crippen LogP contribution in [-0.2, 0) is 9.53 Å². The molecule has 0 bridgehead atoms. The minimum Gasteiger partial charge on any atom is -0.377 e. The van der Waals surface area contributed by atoms with Crippen molar-refractivity contribution in [3.05, 3.63) is 22.7 Å². The van der Waals surface area contributed by atoms with Gasteiger partial charge in [-0.2, -0.15) is 0 Å². The van der Waals surface area contributed by atoms with Gasteiger partial charge < -0.3 is 15.0 Å². The van der Waals surface area contributed by atoms with Crippen LogP contribution in [0.3, 0.4) is 0 Å². The number of hydrogen-bond donors (Lipinski definition) is 1. The van der Waals surface area contributed by atoms with Crippen molar-refractivity contribution in [2.45, 2.75) is 25.9 Å². The van der Waals surface area contributed by atoms with E-state index in [1.165, 1.54) is 0 Å². The predicted molar refractivity (Wildman–Crippen MR) is 81.3 cm³/mol. The molecule has 1 fully saturated rings. The number of halogens is 1. The van der Waals surface area contributed by atoms with Crippen molar-refractivity contribution in [2.75, 3.05) is 29.9 Å². The topological polar surface area (TPSA) is 58.6 Å². The summed E-state index contributed by atoms with van der Waals surface area (Å²) in [6.07, 6.45) is 2.27. The van der Waals surface area contributed by atoms with Gasteiger partial charge in [0.2, 0.25) is 0 Å². The Balaban J connectivity index is 1.88. The highest BCUT2D eigenvalue weighted by atomic mass is 35.5. The van der Waals surface area contributed by atoms with E-state index in [1.807, 2.05) is 6.92 Å². The Labute approximate surface area is 128 Å². The number of nitrogens with one attached hydrogen (secondary N) is 1. The monoisotopic (exact) mass is 308 g/mol. The van der Waals surface area contributed by atoms with Crippen molar-refractivity contribution in [1.29, 1.82) is 0 Å². The second kappa shape index (κ2) is 5.66. The number of nitrogens with zero attached hydrogens (tertiary/aromatic N) is 1. The number of carbonyl (C=O) groups excluding carboxylic acids is 2. The number of anilines is 2. The summed E-state index contributed by atoms with van der Waals surface area (Å²) < 4.78 is 5.69. The summed E-state index contributed by atoms with van der Waals surface area (Å²) in [4.78, 5) is 25.3. The molecule has 5 nitrogen and oxygen atoms in total. The lowest BCUT2D eigenvalue weighted by atomic mass is 10.1. The second-order valence-electron chi connectivity index (χ2n) is 5.30. The van der Waals surface area contributed by atoms with Gasteiger partial charge >= 0.3 is 0 Å². The van der Waals surface area contributed by atoms with Crippen LogP contribution in [0.15, 0.2) is 12.1 Å². The molecule has 1 aromatic carbocycles. The minimum absolute atomic E-state index is 0.198. The summed E-state index contributed by atoms with van der Waals surface area (Å²) >= 11 is 6.31. The first-order valence-electron chi connectivity index (χ1n) is 7.16. The number of ether oxygens (including phenoxy) is 1. The molecule has 1 unspecified atom stereocenters. The Morgan fingerprint density at radius 3 is 3.00 bits per heavy atom. The molecule has 0 spiro atoms. The SMILES string of the molecule is CCOC1CCCN(c2cc3c(cc2Cl)C(=O)C(=O)N3)C1. The zero-order valence-corrected chi connectivity index (χ0v) is 12.6. The highest BCUT2D eigenvalue weighted by Crippen LogP contribution is 2.36. The molecule has 0 radical (unpaired) electrons. The summed E-state index contributed by atoms with van der Waals surface area (Å²) in [7, 11) is 0. The van der Waals surface area contributed by atoms with E-state index in [0.717, 1.165) is 31.6 Å². The van der Waals surface area contributed by atoms with Gasteiger partial charge in [0.05, 0.1) is 28.1 Å². The largest absolute Gasteiger partial charge is 0.377 e. The van der Waals surface area contributed by atoms with Crippen LogP contribution in [0, 0.1) is 0 Å². The lowest BCUT2D eigenvalue weighted by molar-refractivity contribution is -0.112. The Morgan fingerprint density at radius 2 is 2.24 bits per heavy atom. The quantitative estimate of drug-likeness (QED) is 0.872. The number of hydrogen-bond acceptors (Lipinski definition) is 4. The van der Waals surface area contributed by atoms with Gasteiger partial charge in [-0.1, -0.05) is 11.6 Å². The van der Waals surface area contributed by atoms with E-state index in [-0.39, 0.29) is 6.10 Å². The molecular weight excluding hydrogens is 292 g/mol. The molecule has 0 saturated carbocycles. The summed E-state index contributed by atoms with van der Waals surface area (Å²) in [5, 5.41) is 3.08. The number of piperidine rings is 1. The fourth-order valence-corrected chi connectivity index (χ4v) is 3.21. The first-order valence-corrected chi connectivity index (χ1v) is 7.53. The number of carbonyl (C=O) groups is 2. The van der Waals surface area contributed by atoms with E-state index in [9.17, 15) is 9.59 Å². The number of ketones is 1. The second-order valence-corrected chi connectivity index (χ2v) is 5.71. The molecule has 0 aliphatic carbocycles. The standard InChI is InChI=1S/C15H17ClN2O3/c1-2-21-9-4-3-5-18(8-9)13-7-12-10(6-11(13)16)14(19)15(20)17-12/h6-7,9H,2-5,8H2,1H3,(H,17,19,20). The van der Waals surface area contributed by atoms with Crippen LogP contribution in [0.1, 0.15) is 30.1 Å². The zero-order chi connectivity index (χ0) is 15.0. The molecule has 112 valence electrons. The molecule has 2 aliphatic heterocycles. The summed E-state index contributed by atoms with van der Waals surface area (Å²) in [6.45, 7) is 4.35. The number of rotatable bonds is 3. The van der Waals surface area contributed by atoms with E-state index in [4.69, 9.17) is 16.3 Å². The molecule has 2 aliphatic rings. The Bertz CT molecular complexity index is 601. The highest BCUT2D eigenvalue weighted by Gasteiger charge is 2.30. The molecule has 21 heavy (non-hydrogen) atoms. The maximum Gasteiger partial charge on any atom is 0.296 e. The lowest BCUT2D eigenvalue weighted by Gasteiger charge is -2.34. The molecule has 1 N–H and O–H groups in total. The number of fused-ring (bicyclic) bond motifs is 1. The average molecular weight is 309 g/mol. The Hall–Kier alpha value is -1.59. The van der Waals surface area contributed by atoms with Gasteiger partial charge in [-0.15, -0.1) is 0 Å². The van der Waals surface area contributed by atoms with Crippen LogP contribution in [0.25, 0.3) is 0 Å². The first kappa shape index (κ1) is 14.4. The van der Waals surface area contributed by atoms with Crippen molar-refractivity contribution in [3.63, 3.8) is 0 Å². The highest BCUT2D eigenvalue weighted by molar-refractivity contribution is 6.52. The van der Waals surface area contributed by atoms with Crippen molar-refractivity contribution < 1.29 is 14.3 Å². The van der Waals surface area contributed by atoms with Crippen LogP contribution in [0.5, 0.6) is 0 Å². The van der Waals surface area contributed by atoms with Crippen molar-refractivity contribution in [3.8, 4) is 0 Å². The molecule has 2 heterocycles. The van der Waals surface area contributed by atoms with Crippen molar-refractivity contribution >= 4 is 34.7 Å². The molecular formula is C15H17ClN2O3. The number of amides is 1. The molecule has 1 atom stereocenters. The normalized spacial score (nSPS) is 21.4. The molecule has 0 aromatic heterocycles. The molecule has 3 rings (SSSR count). The smallest absolute Gasteiger partial charge is 0.296 e. The van der Waals surface area contributed by atoms with Crippen LogP contribution in [0.2, 0.25) is 5.02 Å². The Morgan fingerprint density at radius 1 is 1.43 bits per heavy atom. The third-order valence-electron chi connectivity index (χ3n) is 3.91. The van der Waals surface area contributed by atoms with Gasteiger partial charge in [0, 0.05) is 19.7 Å². The minimum atomic E-state index is -0.593. The van der Waals surface area contributed by atoms with E-state index in [1.54, 1.807) is 12.1 Å². The van der Waals surface area contributed by atoms with Crippen LogP contribution in [-0.4, -0.2) is 37.5 Å². The maximum atomic E-state index is 11.7. The van der Waals surface area contributed by atoms with E-state index in [0.29, 0.717) is 22.9 Å². The van der Waals surface area contributed by atoms with E-state index >= 15 is 0 Å². The van der Waals surface area contributed by atoms with Gasteiger partial charge in [0.25, 0.3) is 11.7 Å². The first-order chi connectivity index (χ1) is 10.1. The van der Waals surface area contributed by atoms with Gasteiger partial charge in [0.1, 0.15) is 0 Å². The molecule has 1 saturated heterocycles. The van der Waals surface area contributed by atoms with Crippen LogP contribution in [0.4, 0.5) is 11.4 Å². The summed E-state index contributed by atoms with van der Waals surface area (Å²) in [5.74, 6) is -1.12. The molecule has 1 amide bonds. The van der Waals surface area contributed by atoms with Crippen LogP contribution < -0.4 is 10.2 Å². The Kier molecular flexibility index (Phi) is 3.87. The van der Waals surface area contributed by atoms with Crippen molar-refractivity contribution in [2.24, 2.45) is 0 Å². The van der Waals surface area contributed by atoms with Gasteiger partial charge in [-0.05, 0) is 31.9 Å². The number of Topliss-reactive ketones (excluding diaryl/α,β-unsaturated/α-hetero) is 1. The third-order valence-corrected chi connectivity index (χ3v) is 4.21.